The van der Waals surface area contributed by atoms with Crippen LogP contribution in [-0.2, 0) is 9.53 Å². The van der Waals surface area contributed by atoms with Gasteiger partial charge in [0.2, 0.25) is 5.91 Å². The van der Waals surface area contributed by atoms with E-state index in [-0.39, 0.29) is 5.91 Å². The van der Waals surface area contributed by atoms with Crippen LogP contribution in [0.15, 0.2) is 0 Å². The fourth-order valence-electron chi connectivity index (χ4n) is 1.93. The minimum Gasteiger partial charge on any atom is -0.383 e. The predicted molar refractivity (Wildman–Crippen MR) is 74.5 cm³/mol. The Morgan fingerprint density at radius 1 is 1.39 bits per heavy atom. The number of nitrogens with two attached hydrogens (primary N) is 1. The average Bonchev–Trinajstić information content (AvgIpc) is 2.37. The molecule has 0 aromatic rings. The smallest absolute Gasteiger partial charge is 0.223 e. The lowest BCUT2D eigenvalue weighted by Gasteiger charge is -2.21. The number of ether oxygens (including phenoxy) is 1. The maximum absolute atomic E-state index is 11.8. The molecule has 0 saturated heterocycles. The van der Waals surface area contributed by atoms with Crippen LogP contribution in [0.5, 0.6) is 0 Å². The van der Waals surface area contributed by atoms with Crippen LogP contribution in [-0.4, -0.2) is 56.7 Å². The Hall–Kier alpha value is -0.650. The highest BCUT2D eigenvalue weighted by Gasteiger charge is 2.11. The van der Waals surface area contributed by atoms with Crippen molar-refractivity contribution >= 4 is 5.91 Å². The lowest BCUT2D eigenvalue weighted by Crippen LogP contribution is -2.38. The van der Waals surface area contributed by atoms with Crippen LogP contribution in [0.3, 0.4) is 0 Å². The molecule has 0 radical (unpaired) electrons. The number of carbonyl (C=O) groups excluding carboxylic acids is 1. The first-order valence-electron chi connectivity index (χ1n) is 6.89. The monoisotopic (exact) mass is 259 g/mol. The van der Waals surface area contributed by atoms with Gasteiger partial charge in [0.25, 0.3) is 0 Å². The Bertz CT molecular complexity index is 208. The molecule has 0 spiro atoms. The second-order valence-corrected chi connectivity index (χ2v) is 4.35. The zero-order valence-corrected chi connectivity index (χ0v) is 12.1. The highest BCUT2D eigenvalue weighted by molar-refractivity contribution is 5.76. The van der Waals surface area contributed by atoms with Crippen LogP contribution in [0.1, 0.15) is 33.1 Å². The van der Waals surface area contributed by atoms with E-state index in [0.717, 1.165) is 25.9 Å². The number of amides is 1. The fourth-order valence-corrected chi connectivity index (χ4v) is 1.93. The van der Waals surface area contributed by atoms with Crippen molar-refractivity contribution in [3.63, 3.8) is 0 Å². The standard InChI is InChI=1S/C13H29N3O2/c1-4-16(5-2)13(17)8-10-15-12(11-18-3)7-6-9-14/h12,15H,4-11,14H2,1-3H3. The second kappa shape index (κ2) is 11.4. The lowest BCUT2D eigenvalue weighted by molar-refractivity contribution is -0.130. The molecule has 1 unspecified atom stereocenters. The number of hydrogen-bond donors (Lipinski definition) is 2. The Morgan fingerprint density at radius 2 is 2.06 bits per heavy atom. The van der Waals surface area contributed by atoms with Crippen molar-refractivity contribution in [2.45, 2.75) is 39.2 Å². The van der Waals surface area contributed by atoms with Crippen molar-refractivity contribution in [3.05, 3.63) is 0 Å². The Labute approximate surface area is 111 Å². The van der Waals surface area contributed by atoms with Gasteiger partial charge in [0.15, 0.2) is 0 Å². The highest BCUT2D eigenvalue weighted by atomic mass is 16.5. The maximum Gasteiger partial charge on any atom is 0.223 e. The van der Waals surface area contributed by atoms with E-state index in [4.69, 9.17) is 10.5 Å². The largest absolute Gasteiger partial charge is 0.383 e. The summed E-state index contributed by atoms with van der Waals surface area (Å²) in [7, 11) is 1.69. The van der Waals surface area contributed by atoms with Gasteiger partial charge in [-0.15, -0.1) is 0 Å². The summed E-state index contributed by atoms with van der Waals surface area (Å²) in [6.07, 6.45) is 2.51. The number of rotatable bonds is 11. The molecule has 0 heterocycles. The zero-order valence-electron chi connectivity index (χ0n) is 12.1. The van der Waals surface area contributed by atoms with E-state index < -0.39 is 0 Å². The van der Waals surface area contributed by atoms with Crippen LogP contribution in [0.2, 0.25) is 0 Å². The van der Waals surface area contributed by atoms with Gasteiger partial charge in [-0.05, 0) is 33.2 Å². The molecule has 0 aliphatic rings. The summed E-state index contributed by atoms with van der Waals surface area (Å²) in [6.45, 7) is 7.63. The molecule has 3 N–H and O–H groups in total. The molecule has 0 aromatic heterocycles. The van der Waals surface area contributed by atoms with Crippen molar-refractivity contribution in [1.82, 2.24) is 10.2 Å². The molecule has 18 heavy (non-hydrogen) atoms. The van der Waals surface area contributed by atoms with E-state index in [9.17, 15) is 4.79 Å². The molecule has 0 bridgehead atoms. The SMILES string of the molecule is CCN(CC)C(=O)CCNC(CCCN)COC. The van der Waals surface area contributed by atoms with Crippen LogP contribution in [0, 0.1) is 0 Å². The molecular formula is C13H29N3O2. The number of nitrogens with zero attached hydrogens (tertiary/aromatic N) is 1. The Balaban J connectivity index is 3.86. The average molecular weight is 259 g/mol. The van der Waals surface area contributed by atoms with Gasteiger partial charge in [0, 0.05) is 39.2 Å². The lowest BCUT2D eigenvalue weighted by atomic mass is 10.1. The molecule has 0 saturated carbocycles. The zero-order chi connectivity index (χ0) is 13.8. The fraction of sp³-hybridized carbons (Fsp3) is 0.923. The molecule has 108 valence electrons. The van der Waals surface area contributed by atoms with Crippen LogP contribution < -0.4 is 11.1 Å². The van der Waals surface area contributed by atoms with Gasteiger partial charge in [0.05, 0.1) is 6.61 Å². The van der Waals surface area contributed by atoms with Crippen LogP contribution in [0.4, 0.5) is 0 Å². The van der Waals surface area contributed by atoms with E-state index in [1.54, 1.807) is 7.11 Å². The van der Waals surface area contributed by atoms with Gasteiger partial charge in [-0.25, -0.2) is 0 Å². The first-order valence-corrected chi connectivity index (χ1v) is 6.89. The summed E-state index contributed by atoms with van der Waals surface area (Å²) < 4.78 is 5.15. The molecular weight excluding hydrogens is 230 g/mol. The number of nitrogens with one attached hydrogen (secondary N) is 1. The minimum atomic E-state index is 0.211. The molecule has 1 atom stereocenters. The van der Waals surface area contributed by atoms with Crippen molar-refractivity contribution in [1.29, 1.82) is 0 Å². The van der Waals surface area contributed by atoms with E-state index in [0.29, 0.717) is 32.2 Å². The predicted octanol–water partition coefficient (Wildman–Crippen LogP) is 0.588. The summed E-state index contributed by atoms with van der Waals surface area (Å²) in [5, 5.41) is 3.36. The molecule has 0 aromatic carbocycles. The highest BCUT2D eigenvalue weighted by Crippen LogP contribution is 1.98. The number of hydrogen-bond acceptors (Lipinski definition) is 4. The molecule has 5 nitrogen and oxygen atoms in total. The van der Waals surface area contributed by atoms with E-state index in [2.05, 4.69) is 5.32 Å². The van der Waals surface area contributed by atoms with Crippen LogP contribution >= 0.6 is 0 Å². The van der Waals surface area contributed by atoms with Gasteiger partial charge in [-0.2, -0.15) is 0 Å². The summed E-state index contributed by atoms with van der Waals surface area (Å²) in [6, 6.07) is 0.294. The van der Waals surface area contributed by atoms with Gasteiger partial charge in [0.1, 0.15) is 0 Å². The molecule has 0 fully saturated rings. The van der Waals surface area contributed by atoms with Crippen molar-refractivity contribution in [2.24, 2.45) is 5.73 Å². The third kappa shape index (κ3) is 7.63. The van der Waals surface area contributed by atoms with Crippen molar-refractivity contribution in [2.75, 3.05) is 39.9 Å². The molecule has 0 rings (SSSR count). The van der Waals surface area contributed by atoms with Gasteiger partial charge in [-0.3, -0.25) is 4.79 Å². The summed E-state index contributed by atoms with van der Waals surface area (Å²) >= 11 is 0. The van der Waals surface area contributed by atoms with Crippen molar-refractivity contribution < 1.29 is 9.53 Å². The molecule has 5 heteroatoms. The van der Waals surface area contributed by atoms with Gasteiger partial charge >= 0.3 is 0 Å². The topological polar surface area (TPSA) is 67.6 Å². The summed E-state index contributed by atoms with van der Waals surface area (Å²) in [5.74, 6) is 0.211. The third-order valence-electron chi connectivity index (χ3n) is 3.01. The minimum absolute atomic E-state index is 0.211. The summed E-state index contributed by atoms with van der Waals surface area (Å²) in [4.78, 5) is 13.6. The van der Waals surface area contributed by atoms with E-state index in [1.165, 1.54) is 0 Å². The van der Waals surface area contributed by atoms with E-state index in [1.807, 2.05) is 18.7 Å². The molecule has 1 amide bonds. The van der Waals surface area contributed by atoms with Crippen molar-refractivity contribution in [3.8, 4) is 0 Å². The quantitative estimate of drug-likeness (QED) is 0.570. The van der Waals surface area contributed by atoms with Gasteiger partial charge in [-0.1, -0.05) is 0 Å². The number of methoxy groups -OCH3 is 1. The Morgan fingerprint density at radius 3 is 2.56 bits per heavy atom. The third-order valence-corrected chi connectivity index (χ3v) is 3.01. The number of carbonyl (C=O) groups is 1. The van der Waals surface area contributed by atoms with Gasteiger partial charge < -0.3 is 20.7 Å². The van der Waals surface area contributed by atoms with E-state index >= 15 is 0 Å². The molecule has 0 aliphatic heterocycles. The second-order valence-electron chi connectivity index (χ2n) is 4.35. The first-order chi connectivity index (χ1) is 8.69. The molecule has 0 aliphatic carbocycles. The summed E-state index contributed by atoms with van der Waals surface area (Å²) in [5.41, 5.74) is 5.50. The maximum atomic E-state index is 11.8. The van der Waals surface area contributed by atoms with Crippen LogP contribution in [0.25, 0.3) is 0 Å². The Kier molecular flexibility index (Phi) is 11.0. The normalized spacial score (nSPS) is 12.4. The first kappa shape index (κ1) is 17.4.